The number of rotatable bonds is 3. The van der Waals surface area contributed by atoms with Gasteiger partial charge in [-0.25, -0.2) is 9.97 Å². The van der Waals surface area contributed by atoms with Gasteiger partial charge in [-0.15, -0.1) is 0 Å². The third-order valence-corrected chi connectivity index (χ3v) is 4.68. The molecule has 4 rings (SSSR count). The summed E-state index contributed by atoms with van der Waals surface area (Å²) < 4.78 is 0. The van der Waals surface area contributed by atoms with Crippen LogP contribution in [0.1, 0.15) is 53.1 Å². The average molecular weight is 299 g/mol. The molecule has 1 aliphatic carbocycles. The molecule has 0 aromatic carbocycles. The summed E-state index contributed by atoms with van der Waals surface area (Å²) in [5.41, 5.74) is 4.02. The van der Waals surface area contributed by atoms with Crippen LogP contribution in [0.25, 0.3) is 0 Å². The molecule has 1 saturated carbocycles. The topological polar surface area (TPSA) is 77.7 Å². The lowest BCUT2D eigenvalue weighted by molar-refractivity contribution is 0.236. The summed E-state index contributed by atoms with van der Waals surface area (Å²) in [5, 5.41) is 0. The van der Waals surface area contributed by atoms with E-state index in [1.54, 1.807) is 0 Å². The molecule has 2 aliphatic rings. The van der Waals surface area contributed by atoms with Gasteiger partial charge in [-0.1, -0.05) is 0 Å². The maximum atomic E-state index is 12.3. The summed E-state index contributed by atoms with van der Waals surface area (Å²) in [5.74, 6) is 2.36. The van der Waals surface area contributed by atoms with Crippen LogP contribution < -0.4 is 5.56 Å². The Hall–Kier alpha value is -1.95. The van der Waals surface area contributed by atoms with Gasteiger partial charge in [0.05, 0.1) is 23.5 Å². The molecule has 0 amide bonds. The van der Waals surface area contributed by atoms with Crippen LogP contribution >= 0.6 is 0 Å². The molecule has 6 heteroatoms. The standard InChI is InChI=1S/C16H21N5O/c1-9-10(2)18-14(17-9)8-21-6-5-13-12(7-21)16(22)20-15(19-13)11-3-4-11/h11H,3-8H2,1-2H3,(H,17,18)(H,19,20,22). The summed E-state index contributed by atoms with van der Waals surface area (Å²) >= 11 is 0. The van der Waals surface area contributed by atoms with E-state index in [0.29, 0.717) is 12.5 Å². The number of aromatic amines is 2. The monoisotopic (exact) mass is 299 g/mol. The lowest BCUT2D eigenvalue weighted by Crippen LogP contribution is -2.36. The molecule has 2 N–H and O–H groups in total. The number of hydrogen-bond acceptors (Lipinski definition) is 4. The number of nitrogens with zero attached hydrogens (tertiary/aromatic N) is 3. The van der Waals surface area contributed by atoms with Gasteiger partial charge in [0, 0.05) is 31.1 Å². The third-order valence-electron chi connectivity index (χ3n) is 4.68. The third kappa shape index (κ3) is 2.47. The largest absolute Gasteiger partial charge is 0.345 e. The molecule has 1 fully saturated rings. The maximum absolute atomic E-state index is 12.3. The number of H-pyrrole nitrogens is 2. The first kappa shape index (κ1) is 13.7. The molecular weight excluding hydrogens is 278 g/mol. The molecule has 22 heavy (non-hydrogen) atoms. The Kier molecular flexibility index (Phi) is 3.14. The van der Waals surface area contributed by atoms with Crippen molar-refractivity contribution in [3.05, 3.63) is 44.6 Å². The van der Waals surface area contributed by atoms with E-state index in [1.807, 2.05) is 13.8 Å². The van der Waals surface area contributed by atoms with Crippen molar-refractivity contribution in [1.82, 2.24) is 24.8 Å². The van der Waals surface area contributed by atoms with Gasteiger partial charge >= 0.3 is 0 Å². The molecule has 0 spiro atoms. The van der Waals surface area contributed by atoms with Crippen molar-refractivity contribution in [2.75, 3.05) is 6.54 Å². The fraction of sp³-hybridized carbons (Fsp3) is 0.562. The summed E-state index contributed by atoms with van der Waals surface area (Å²) in [6.45, 7) is 6.37. The van der Waals surface area contributed by atoms with Crippen molar-refractivity contribution >= 4 is 0 Å². The first-order valence-electron chi connectivity index (χ1n) is 7.96. The van der Waals surface area contributed by atoms with Gasteiger partial charge in [-0.05, 0) is 26.7 Å². The SMILES string of the molecule is Cc1nc(CN2CCc3nc(C4CC4)[nH]c(=O)c3C2)[nH]c1C. The minimum Gasteiger partial charge on any atom is -0.345 e. The molecule has 116 valence electrons. The lowest BCUT2D eigenvalue weighted by Gasteiger charge is -2.26. The summed E-state index contributed by atoms with van der Waals surface area (Å²) in [6.07, 6.45) is 3.16. The number of fused-ring (bicyclic) bond motifs is 1. The smallest absolute Gasteiger partial charge is 0.255 e. The predicted molar refractivity (Wildman–Crippen MR) is 82.7 cm³/mol. The second-order valence-corrected chi connectivity index (χ2v) is 6.51. The first-order chi connectivity index (χ1) is 10.6. The van der Waals surface area contributed by atoms with Crippen LogP contribution in [0, 0.1) is 13.8 Å². The van der Waals surface area contributed by atoms with E-state index >= 15 is 0 Å². The summed E-state index contributed by atoms with van der Waals surface area (Å²) in [7, 11) is 0. The average Bonchev–Trinajstić information content (AvgIpc) is 3.27. The van der Waals surface area contributed by atoms with Crippen LogP contribution in [0.3, 0.4) is 0 Å². The van der Waals surface area contributed by atoms with Gasteiger partial charge in [0.1, 0.15) is 11.6 Å². The zero-order valence-corrected chi connectivity index (χ0v) is 13.1. The zero-order valence-electron chi connectivity index (χ0n) is 13.1. The molecule has 2 aromatic heterocycles. The van der Waals surface area contributed by atoms with Crippen LogP contribution in [0.15, 0.2) is 4.79 Å². The van der Waals surface area contributed by atoms with Crippen molar-refractivity contribution in [2.24, 2.45) is 0 Å². The molecule has 0 bridgehead atoms. The summed E-state index contributed by atoms with van der Waals surface area (Å²) in [4.78, 5) is 30.1. The maximum Gasteiger partial charge on any atom is 0.255 e. The van der Waals surface area contributed by atoms with Crippen molar-refractivity contribution in [3.63, 3.8) is 0 Å². The number of hydrogen-bond donors (Lipinski definition) is 2. The Bertz CT molecular complexity index is 752. The van der Waals surface area contributed by atoms with Gasteiger partial charge in [-0.2, -0.15) is 0 Å². The minimum atomic E-state index is 0.0448. The number of aryl methyl sites for hydroxylation is 2. The number of nitrogens with one attached hydrogen (secondary N) is 2. The van der Waals surface area contributed by atoms with E-state index in [4.69, 9.17) is 4.98 Å². The fourth-order valence-electron chi connectivity index (χ4n) is 3.09. The van der Waals surface area contributed by atoms with Gasteiger partial charge in [0.25, 0.3) is 5.56 Å². The highest BCUT2D eigenvalue weighted by Crippen LogP contribution is 2.37. The van der Waals surface area contributed by atoms with Gasteiger partial charge in [0.15, 0.2) is 0 Å². The Morgan fingerprint density at radius 2 is 2.05 bits per heavy atom. The van der Waals surface area contributed by atoms with Gasteiger partial charge in [-0.3, -0.25) is 9.69 Å². The predicted octanol–water partition coefficient (Wildman–Crippen LogP) is 1.55. The van der Waals surface area contributed by atoms with Crippen LogP contribution in [0.5, 0.6) is 0 Å². The Balaban J connectivity index is 1.55. The van der Waals surface area contributed by atoms with E-state index in [-0.39, 0.29) is 5.56 Å². The van der Waals surface area contributed by atoms with Crippen molar-refractivity contribution in [2.45, 2.75) is 52.1 Å². The Morgan fingerprint density at radius 1 is 1.23 bits per heavy atom. The minimum absolute atomic E-state index is 0.0448. The molecule has 0 atom stereocenters. The van der Waals surface area contributed by atoms with E-state index in [1.165, 1.54) is 0 Å². The Morgan fingerprint density at radius 3 is 2.73 bits per heavy atom. The van der Waals surface area contributed by atoms with Crippen molar-refractivity contribution in [3.8, 4) is 0 Å². The molecule has 1 aliphatic heterocycles. The van der Waals surface area contributed by atoms with E-state index < -0.39 is 0 Å². The molecule has 0 saturated heterocycles. The van der Waals surface area contributed by atoms with Gasteiger partial charge in [0.2, 0.25) is 0 Å². The number of aromatic nitrogens is 4. The van der Waals surface area contributed by atoms with Crippen LogP contribution in [-0.2, 0) is 19.5 Å². The molecule has 6 nitrogen and oxygen atoms in total. The highest BCUT2D eigenvalue weighted by molar-refractivity contribution is 5.23. The zero-order chi connectivity index (χ0) is 15.3. The van der Waals surface area contributed by atoms with E-state index in [9.17, 15) is 4.79 Å². The highest BCUT2D eigenvalue weighted by atomic mass is 16.1. The highest BCUT2D eigenvalue weighted by Gasteiger charge is 2.29. The second-order valence-electron chi connectivity index (χ2n) is 6.51. The molecular formula is C16H21N5O. The van der Waals surface area contributed by atoms with Gasteiger partial charge < -0.3 is 9.97 Å². The van der Waals surface area contributed by atoms with Crippen molar-refractivity contribution < 1.29 is 0 Å². The van der Waals surface area contributed by atoms with Crippen LogP contribution in [0.4, 0.5) is 0 Å². The lowest BCUT2D eigenvalue weighted by atomic mass is 10.1. The summed E-state index contributed by atoms with van der Waals surface area (Å²) in [6, 6.07) is 0. The quantitative estimate of drug-likeness (QED) is 0.901. The number of imidazole rings is 1. The first-order valence-corrected chi connectivity index (χ1v) is 7.96. The molecule has 0 radical (unpaired) electrons. The normalized spacial score (nSPS) is 18.5. The molecule has 0 unspecified atom stereocenters. The fourth-order valence-corrected chi connectivity index (χ4v) is 3.09. The molecule has 3 heterocycles. The second kappa shape index (κ2) is 5.05. The van der Waals surface area contributed by atoms with Crippen LogP contribution in [0.2, 0.25) is 0 Å². The van der Waals surface area contributed by atoms with Crippen LogP contribution in [-0.4, -0.2) is 31.4 Å². The van der Waals surface area contributed by atoms with E-state index in [2.05, 4.69) is 19.9 Å². The Labute approximate surface area is 129 Å². The molecule has 2 aromatic rings. The van der Waals surface area contributed by atoms with E-state index in [0.717, 1.165) is 66.6 Å². The van der Waals surface area contributed by atoms with Crippen molar-refractivity contribution in [1.29, 1.82) is 0 Å².